The SMILES string of the molecule is CC(C)(O)C(C)(C)O[B]c1cc(-c2ccc3ccccc3c2)cc2oc3cc4ccccc4cc3c12. The van der Waals surface area contributed by atoms with Crippen molar-refractivity contribution in [3.8, 4) is 11.1 Å². The molecule has 1 N–H and O–H groups in total. The number of benzene rings is 5. The van der Waals surface area contributed by atoms with Crippen LogP contribution in [0.2, 0.25) is 0 Å². The molecule has 0 fully saturated rings. The van der Waals surface area contributed by atoms with E-state index in [1.807, 2.05) is 19.9 Å². The zero-order chi connectivity index (χ0) is 25.1. The molecule has 36 heavy (non-hydrogen) atoms. The number of aliphatic hydroxyl groups is 1. The Morgan fingerprint density at radius 2 is 1.31 bits per heavy atom. The van der Waals surface area contributed by atoms with Crippen molar-refractivity contribution in [3.05, 3.63) is 91.0 Å². The van der Waals surface area contributed by atoms with E-state index >= 15 is 0 Å². The topological polar surface area (TPSA) is 42.6 Å². The van der Waals surface area contributed by atoms with Crippen molar-refractivity contribution in [1.82, 2.24) is 0 Å². The average Bonchev–Trinajstić information content (AvgIpc) is 3.22. The Morgan fingerprint density at radius 3 is 2.00 bits per heavy atom. The number of fused-ring (bicyclic) bond motifs is 5. The highest BCUT2D eigenvalue weighted by Crippen LogP contribution is 2.35. The summed E-state index contributed by atoms with van der Waals surface area (Å²) in [6.45, 7) is 7.33. The average molecular weight is 471 g/mol. The van der Waals surface area contributed by atoms with Gasteiger partial charge >= 0.3 is 7.48 Å². The third-order valence-electron chi connectivity index (χ3n) is 7.51. The van der Waals surface area contributed by atoms with Crippen LogP contribution in [-0.2, 0) is 4.65 Å². The summed E-state index contributed by atoms with van der Waals surface area (Å²) in [7, 11) is 1.77. The van der Waals surface area contributed by atoms with Crippen molar-refractivity contribution in [2.24, 2.45) is 0 Å². The van der Waals surface area contributed by atoms with Crippen molar-refractivity contribution >= 4 is 56.4 Å². The molecule has 0 saturated carbocycles. The summed E-state index contributed by atoms with van der Waals surface area (Å²) in [5, 5.41) is 17.4. The van der Waals surface area contributed by atoms with Crippen molar-refractivity contribution < 1.29 is 14.2 Å². The summed E-state index contributed by atoms with van der Waals surface area (Å²) >= 11 is 0. The van der Waals surface area contributed by atoms with E-state index in [1.54, 1.807) is 21.3 Å². The zero-order valence-electron chi connectivity index (χ0n) is 21.0. The Balaban J connectivity index is 1.56. The van der Waals surface area contributed by atoms with Crippen molar-refractivity contribution in [3.63, 3.8) is 0 Å². The molecule has 0 aliphatic rings. The molecule has 0 unspecified atom stereocenters. The number of furan rings is 1. The van der Waals surface area contributed by atoms with Gasteiger partial charge < -0.3 is 14.2 Å². The Hall–Kier alpha value is -3.60. The molecule has 0 saturated heterocycles. The molecule has 0 aliphatic carbocycles. The fourth-order valence-corrected chi connectivity index (χ4v) is 4.61. The molecule has 1 heterocycles. The molecule has 3 nitrogen and oxygen atoms in total. The molecule has 1 radical (unpaired) electrons. The lowest BCUT2D eigenvalue weighted by molar-refractivity contribution is -0.0893. The van der Waals surface area contributed by atoms with E-state index < -0.39 is 11.2 Å². The van der Waals surface area contributed by atoms with Gasteiger partial charge in [0, 0.05) is 10.8 Å². The minimum atomic E-state index is -1.02. The Morgan fingerprint density at radius 1 is 0.667 bits per heavy atom. The minimum Gasteiger partial charge on any atom is -0.456 e. The number of rotatable bonds is 5. The van der Waals surface area contributed by atoms with Crippen LogP contribution in [0.25, 0.3) is 54.6 Å². The molecule has 0 bridgehead atoms. The normalized spacial score (nSPS) is 12.7. The molecule has 0 spiro atoms. The van der Waals surface area contributed by atoms with Gasteiger partial charge in [-0.05, 0) is 90.1 Å². The summed E-state index contributed by atoms with van der Waals surface area (Å²) < 4.78 is 12.7. The first kappa shape index (κ1) is 22.8. The standard InChI is InChI=1S/C32H28BO3/c1-31(2,34)32(3,4)36-33-27-17-25(24-14-13-20-9-5-6-10-21(20)15-24)19-29-30(27)26-16-22-11-7-8-12-23(22)18-28(26)35-29/h5-19,34H,1-4H3. The highest BCUT2D eigenvalue weighted by molar-refractivity contribution is 6.53. The van der Waals surface area contributed by atoms with Crippen LogP contribution in [-0.4, -0.2) is 23.8 Å². The Bertz CT molecular complexity index is 1750. The second kappa shape index (κ2) is 8.23. The molecular formula is C32H28BO3. The summed E-state index contributed by atoms with van der Waals surface area (Å²) in [5.74, 6) is 0. The smallest absolute Gasteiger partial charge is 0.331 e. The second-order valence-corrected chi connectivity index (χ2v) is 10.6. The number of hydrogen-bond acceptors (Lipinski definition) is 3. The van der Waals surface area contributed by atoms with Crippen LogP contribution in [0.5, 0.6) is 0 Å². The van der Waals surface area contributed by atoms with Gasteiger partial charge in [0.05, 0.1) is 11.2 Å². The van der Waals surface area contributed by atoms with Gasteiger partial charge in [-0.1, -0.05) is 66.7 Å². The van der Waals surface area contributed by atoms with Gasteiger partial charge in [0.15, 0.2) is 0 Å². The van der Waals surface area contributed by atoms with Crippen LogP contribution in [0.15, 0.2) is 95.4 Å². The maximum Gasteiger partial charge on any atom is 0.331 e. The van der Waals surface area contributed by atoms with Crippen LogP contribution in [0.4, 0.5) is 0 Å². The highest BCUT2D eigenvalue weighted by atomic mass is 16.5. The van der Waals surface area contributed by atoms with E-state index in [-0.39, 0.29) is 0 Å². The molecular weight excluding hydrogens is 443 g/mol. The zero-order valence-corrected chi connectivity index (χ0v) is 21.0. The van der Waals surface area contributed by atoms with Gasteiger partial charge in [0.2, 0.25) is 0 Å². The first-order valence-electron chi connectivity index (χ1n) is 12.3. The van der Waals surface area contributed by atoms with Crippen molar-refractivity contribution in [2.75, 3.05) is 0 Å². The van der Waals surface area contributed by atoms with E-state index in [9.17, 15) is 5.11 Å². The Labute approximate surface area is 211 Å². The predicted molar refractivity (Wildman–Crippen MR) is 151 cm³/mol. The predicted octanol–water partition coefficient (Wildman–Crippen LogP) is 7.37. The van der Waals surface area contributed by atoms with Crippen LogP contribution in [0.3, 0.4) is 0 Å². The molecule has 5 aromatic carbocycles. The van der Waals surface area contributed by atoms with E-state index in [2.05, 4.69) is 84.9 Å². The molecule has 0 amide bonds. The van der Waals surface area contributed by atoms with Gasteiger partial charge in [-0.3, -0.25) is 0 Å². The molecule has 0 atom stereocenters. The van der Waals surface area contributed by atoms with E-state index in [0.29, 0.717) is 0 Å². The lowest BCUT2D eigenvalue weighted by Gasteiger charge is -2.37. The van der Waals surface area contributed by atoms with Gasteiger partial charge in [0.25, 0.3) is 0 Å². The number of hydrogen-bond donors (Lipinski definition) is 1. The summed E-state index contributed by atoms with van der Waals surface area (Å²) in [4.78, 5) is 0. The Kier molecular flexibility index (Phi) is 5.22. The van der Waals surface area contributed by atoms with Gasteiger partial charge in [0.1, 0.15) is 11.2 Å². The van der Waals surface area contributed by atoms with Gasteiger partial charge in [-0.15, -0.1) is 0 Å². The van der Waals surface area contributed by atoms with Crippen molar-refractivity contribution in [2.45, 2.75) is 38.9 Å². The fraction of sp³-hybridized carbons (Fsp3) is 0.188. The van der Waals surface area contributed by atoms with Crippen molar-refractivity contribution in [1.29, 1.82) is 0 Å². The maximum atomic E-state index is 10.7. The summed E-state index contributed by atoms with van der Waals surface area (Å²) in [6, 6.07) is 31.7. The molecule has 0 aliphatic heterocycles. The molecule has 4 heteroatoms. The molecule has 6 rings (SSSR count). The highest BCUT2D eigenvalue weighted by Gasteiger charge is 2.36. The first-order valence-corrected chi connectivity index (χ1v) is 12.3. The summed E-state index contributed by atoms with van der Waals surface area (Å²) in [6.07, 6.45) is 0. The van der Waals surface area contributed by atoms with Crippen LogP contribution >= 0.6 is 0 Å². The van der Waals surface area contributed by atoms with E-state index in [0.717, 1.165) is 49.3 Å². The minimum absolute atomic E-state index is 0.787. The van der Waals surface area contributed by atoms with Crippen LogP contribution < -0.4 is 5.46 Å². The lowest BCUT2D eigenvalue weighted by Crippen LogP contribution is -2.49. The third-order valence-corrected chi connectivity index (χ3v) is 7.51. The van der Waals surface area contributed by atoms with Gasteiger partial charge in [-0.2, -0.15) is 0 Å². The monoisotopic (exact) mass is 471 g/mol. The first-order chi connectivity index (χ1) is 17.2. The molecule has 177 valence electrons. The largest absolute Gasteiger partial charge is 0.456 e. The van der Waals surface area contributed by atoms with Gasteiger partial charge in [-0.25, -0.2) is 0 Å². The molecule has 1 aromatic heterocycles. The summed E-state index contributed by atoms with van der Waals surface area (Å²) in [5.41, 5.74) is 2.92. The van der Waals surface area contributed by atoms with E-state index in [1.165, 1.54) is 10.8 Å². The van der Waals surface area contributed by atoms with Crippen LogP contribution in [0.1, 0.15) is 27.7 Å². The quantitative estimate of drug-likeness (QED) is 0.267. The van der Waals surface area contributed by atoms with Crippen LogP contribution in [0, 0.1) is 0 Å². The lowest BCUT2D eigenvalue weighted by atomic mass is 9.79. The molecule has 6 aromatic rings. The fourth-order valence-electron chi connectivity index (χ4n) is 4.61. The second-order valence-electron chi connectivity index (χ2n) is 10.6. The third kappa shape index (κ3) is 3.87. The van der Waals surface area contributed by atoms with E-state index in [4.69, 9.17) is 9.07 Å². The maximum absolute atomic E-state index is 10.7.